The number of nitrogens with zero attached hydrogens (tertiary/aromatic N) is 3. The molecule has 0 aliphatic carbocycles. The quantitative estimate of drug-likeness (QED) is 0.822. The third-order valence-corrected chi connectivity index (χ3v) is 3.99. The fraction of sp³-hybridized carbons (Fsp3) is 0.438. The molecule has 100 valence electrons. The van der Waals surface area contributed by atoms with Crippen LogP contribution in [-0.4, -0.2) is 42.6 Å². The van der Waals surface area contributed by atoms with Gasteiger partial charge in [0.1, 0.15) is 0 Å². The summed E-state index contributed by atoms with van der Waals surface area (Å²) in [4.78, 5) is 9.42. The van der Waals surface area contributed by atoms with Crippen molar-refractivity contribution in [1.82, 2.24) is 9.88 Å². The van der Waals surface area contributed by atoms with Crippen LogP contribution in [0.3, 0.4) is 0 Å². The second-order valence-electron chi connectivity index (χ2n) is 5.16. The molecular formula is C16H21N3. The van der Waals surface area contributed by atoms with Gasteiger partial charge < -0.3 is 9.80 Å². The maximum atomic E-state index is 4.38. The molecule has 0 radical (unpaired) electrons. The number of benzene rings is 1. The van der Waals surface area contributed by atoms with E-state index in [0.717, 1.165) is 25.2 Å². The molecule has 0 N–H and O–H groups in total. The molecule has 0 spiro atoms. The van der Waals surface area contributed by atoms with Crippen LogP contribution in [0, 0.1) is 0 Å². The highest BCUT2D eigenvalue weighted by Gasteiger charge is 2.14. The molecule has 0 saturated carbocycles. The van der Waals surface area contributed by atoms with Gasteiger partial charge in [-0.05, 0) is 43.8 Å². The Morgan fingerprint density at radius 1 is 1.11 bits per heavy atom. The first-order chi connectivity index (χ1) is 9.36. The lowest BCUT2D eigenvalue weighted by atomic mass is 10.2. The van der Waals surface area contributed by atoms with Gasteiger partial charge in [0, 0.05) is 36.9 Å². The monoisotopic (exact) mass is 255 g/mol. The van der Waals surface area contributed by atoms with Crippen LogP contribution >= 0.6 is 0 Å². The summed E-state index contributed by atoms with van der Waals surface area (Å²) in [6, 6.07) is 10.8. The van der Waals surface area contributed by atoms with Gasteiger partial charge in [-0.2, -0.15) is 0 Å². The molecule has 19 heavy (non-hydrogen) atoms. The molecule has 1 aliphatic heterocycles. The molecule has 0 bridgehead atoms. The van der Waals surface area contributed by atoms with Crippen molar-refractivity contribution in [2.75, 3.05) is 37.6 Å². The zero-order valence-electron chi connectivity index (χ0n) is 11.5. The van der Waals surface area contributed by atoms with E-state index < -0.39 is 0 Å². The smallest absolute Gasteiger partial charge is 0.0703 e. The molecule has 3 heteroatoms. The standard InChI is InChI=1S/C16H21N3/c1-2-18-9-4-10-19(12-11-18)15-6-7-16-14(13-15)5-3-8-17-16/h3,5-8,13H,2,4,9-12H2,1H3. The summed E-state index contributed by atoms with van der Waals surface area (Å²) in [6.07, 6.45) is 3.10. The average Bonchev–Trinajstić information content (AvgIpc) is 2.72. The highest BCUT2D eigenvalue weighted by molar-refractivity contribution is 5.82. The van der Waals surface area contributed by atoms with Crippen molar-refractivity contribution in [2.24, 2.45) is 0 Å². The molecule has 1 fully saturated rings. The third kappa shape index (κ3) is 2.71. The van der Waals surface area contributed by atoms with Gasteiger partial charge in [0.2, 0.25) is 0 Å². The summed E-state index contributed by atoms with van der Waals surface area (Å²) in [7, 11) is 0. The molecule has 1 aliphatic rings. The molecule has 1 saturated heterocycles. The topological polar surface area (TPSA) is 19.4 Å². The number of fused-ring (bicyclic) bond motifs is 1. The first-order valence-electron chi connectivity index (χ1n) is 7.19. The Morgan fingerprint density at radius 3 is 2.95 bits per heavy atom. The summed E-state index contributed by atoms with van der Waals surface area (Å²) in [5.74, 6) is 0. The van der Waals surface area contributed by atoms with Crippen molar-refractivity contribution in [2.45, 2.75) is 13.3 Å². The van der Waals surface area contributed by atoms with Crippen LogP contribution in [0.4, 0.5) is 5.69 Å². The Morgan fingerprint density at radius 2 is 2.05 bits per heavy atom. The lowest BCUT2D eigenvalue weighted by Gasteiger charge is -2.23. The van der Waals surface area contributed by atoms with Gasteiger partial charge in [-0.1, -0.05) is 13.0 Å². The summed E-state index contributed by atoms with van der Waals surface area (Å²) in [5, 5.41) is 1.23. The van der Waals surface area contributed by atoms with Gasteiger partial charge in [-0.25, -0.2) is 0 Å². The van der Waals surface area contributed by atoms with Crippen molar-refractivity contribution in [3.05, 3.63) is 36.5 Å². The lowest BCUT2D eigenvalue weighted by Crippen LogP contribution is -2.30. The van der Waals surface area contributed by atoms with Crippen LogP contribution in [0.5, 0.6) is 0 Å². The summed E-state index contributed by atoms with van der Waals surface area (Å²) >= 11 is 0. The maximum Gasteiger partial charge on any atom is 0.0703 e. The summed E-state index contributed by atoms with van der Waals surface area (Å²) < 4.78 is 0. The second-order valence-corrected chi connectivity index (χ2v) is 5.16. The molecule has 0 atom stereocenters. The van der Waals surface area contributed by atoms with Gasteiger partial charge in [0.05, 0.1) is 5.52 Å². The van der Waals surface area contributed by atoms with E-state index in [0.29, 0.717) is 0 Å². The molecule has 1 aromatic carbocycles. The number of pyridine rings is 1. The van der Waals surface area contributed by atoms with Crippen LogP contribution in [0.25, 0.3) is 10.9 Å². The normalized spacial score (nSPS) is 17.6. The molecule has 0 unspecified atom stereocenters. The van der Waals surface area contributed by atoms with Crippen molar-refractivity contribution in [1.29, 1.82) is 0 Å². The maximum absolute atomic E-state index is 4.38. The van der Waals surface area contributed by atoms with E-state index in [2.05, 4.69) is 46.0 Å². The molecule has 3 rings (SSSR count). The fourth-order valence-corrected chi connectivity index (χ4v) is 2.81. The van der Waals surface area contributed by atoms with Crippen LogP contribution in [-0.2, 0) is 0 Å². The first kappa shape index (κ1) is 12.4. The highest BCUT2D eigenvalue weighted by atomic mass is 15.2. The SMILES string of the molecule is CCN1CCCN(c2ccc3ncccc3c2)CC1. The molecular weight excluding hydrogens is 234 g/mol. The van der Waals surface area contributed by atoms with Crippen LogP contribution in [0.15, 0.2) is 36.5 Å². The Kier molecular flexibility index (Phi) is 3.65. The lowest BCUT2D eigenvalue weighted by molar-refractivity contribution is 0.310. The van der Waals surface area contributed by atoms with Crippen LogP contribution < -0.4 is 4.90 Å². The number of aromatic nitrogens is 1. The molecule has 1 aromatic heterocycles. The number of anilines is 1. The van der Waals surface area contributed by atoms with Gasteiger partial charge in [-0.15, -0.1) is 0 Å². The molecule has 2 aromatic rings. The van der Waals surface area contributed by atoms with E-state index in [1.807, 2.05) is 12.3 Å². The van der Waals surface area contributed by atoms with Crippen molar-refractivity contribution >= 4 is 16.6 Å². The number of hydrogen-bond donors (Lipinski definition) is 0. The fourth-order valence-electron chi connectivity index (χ4n) is 2.81. The predicted octanol–water partition coefficient (Wildman–Crippen LogP) is 2.77. The average molecular weight is 255 g/mol. The van der Waals surface area contributed by atoms with E-state index in [9.17, 15) is 0 Å². The Labute approximate surface area is 114 Å². The van der Waals surface area contributed by atoms with Crippen LogP contribution in [0.1, 0.15) is 13.3 Å². The highest BCUT2D eigenvalue weighted by Crippen LogP contribution is 2.21. The Bertz CT molecular complexity index is 552. The zero-order chi connectivity index (χ0) is 13.1. The van der Waals surface area contributed by atoms with E-state index >= 15 is 0 Å². The summed E-state index contributed by atoms with van der Waals surface area (Å²) in [6.45, 7) is 8.08. The Balaban J connectivity index is 1.83. The molecule has 2 heterocycles. The van der Waals surface area contributed by atoms with Gasteiger partial charge in [0.25, 0.3) is 0 Å². The Hall–Kier alpha value is -1.61. The van der Waals surface area contributed by atoms with E-state index in [1.165, 1.54) is 30.6 Å². The van der Waals surface area contributed by atoms with Crippen molar-refractivity contribution in [3.63, 3.8) is 0 Å². The second kappa shape index (κ2) is 5.57. The minimum atomic E-state index is 1.08. The van der Waals surface area contributed by atoms with Crippen LogP contribution in [0.2, 0.25) is 0 Å². The predicted molar refractivity (Wildman–Crippen MR) is 80.7 cm³/mol. The minimum Gasteiger partial charge on any atom is -0.370 e. The zero-order valence-corrected chi connectivity index (χ0v) is 11.5. The van der Waals surface area contributed by atoms with Gasteiger partial charge in [0.15, 0.2) is 0 Å². The van der Waals surface area contributed by atoms with Gasteiger partial charge >= 0.3 is 0 Å². The molecule has 0 amide bonds. The van der Waals surface area contributed by atoms with E-state index in [4.69, 9.17) is 0 Å². The molecule has 3 nitrogen and oxygen atoms in total. The van der Waals surface area contributed by atoms with E-state index in [-0.39, 0.29) is 0 Å². The number of rotatable bonds is 2. The summed E-state index contributed by atoms with van der Waals surface area (Å²) in [5.41, 5.74) is 2.41. The van der Waals surface area contributed by atoms with E-state index in [1.54, 1.807) is 0 Å². The number of likely N-dealkylation sites (N-methyl/N-ethyl adjacent to an activating group) is 1. The largest absolute Gasteiger partial charge is 0.370 e. The van der Waals surface area contributed by atoms with Crippen molar-refractivity contribution in [3.8, 4) is 0 Å². The minimum absolute atomic E-state index is 1.08. The third-order valence-electron chi connectivity index (χ3n) is 3.99. The van der Waals surface area contributed by atoms with Gasteiger partial charge in [-0.3, -0.25) is 4.98 Å². The number of hydrogen-bond acceptors (Lipinski definition) is 3. The first-order valence-corrected chi connectivity index (χ1v) is 7.19. The van der Waals surface area contributed by atoms with Crippen molar-refractivity contribution < 1.29 is 0 Å².